The highest BCUT2D eigenvalue weighted by Gasteiger charge is 2.27. The highest BCUT2D eigenvalue weighted by atomic mass is 35.5. The molecule has 2 saturated heterocycles. The average molecular weight is 416 g/mol. The second-order valence-corrected chi connectivity index (χ2v) is 9.51. The Morgan fingerprint density at radius 3 is 2.56 bits per heavy atom. The number of ether oxygens (including phenoxy) is 1. The van der Waals surface area contributed by atoms with Gasteiger partial charge < -0.3 is 10.1 Å². The van der Waals surface area contributed by atoms with Gasteiger partial charge in [-0.25, -0.2) is 8.42 Å². The van der Waals surface area contributed by atoms with Crippen LogP contribution in [0.15, 0.2) is 23.1 Å². The van der Waals surface area contributed by atoms with E-state index in [2.05, 4.69) is 17.1 Å². The molecule has 1 amide bonds. The fourth-order valence-electron chi connectivity index (χ4n) is 3.31. The normalized spacial score (nSPS) is 20.5. The second-order valence-electron chi connectivity index (χ2n) is 7.16. The Kier molecular flexibility index (Phi) is 6.75. The molecule has 27 heavy (non-hydrogen) atoms. The number of anilines is 1. The summed E-state index contributed by atoms with van der Waals surface area (Å²) < 4.78 is 32.2. The van der Waals surface area contributed by atoms with Crippen molar-refractivity contribution < 1.29 is 17.9 Å². The van der Waals surface area contributed by atoms with E-state index in [0.29, 0.717) is 42.9 Å². The van der Waals surface area contributed by atoms with Crippen LogP contribution in [0.3, 0.4) is 0 Å². The van der Waals surface area contributed by atoms with Crippen molar-refractivity contribution in [1.29, 1.82) is 0 Å². The molecule has 0 spiro atoms. The summed E-state index contributed by atoms with van der Waals surface area (Å²) in [5.41, 5.74) is 0.321. The van der Waals surface area contributed by atoms with Crippen molar-refractivity contribution >= 4 is 33.2 Å². The molecule has 2 heterocycles. The van der Waals surface area contributed by atoms with Crippen molar-refractivity contribution in [2.75, 3.05) is 51.3 Å². The van der Waals surface area contributed by atoms with Crippen LogP contribution in [0.1, 0.15) is 19.8 Å². The maximum Gasteiger partial charge on any atom is 0.243 e. The van der Waals surface area contributed by atoms with E-state index in [0.717, 1.165) is 25.9 Å². The number of sulfonamides is 1. The second kappa shape index (κ2) is 8.87. The van der Waals surface area contributed by atoms with Crippen molar-refractivity contribution in [2.24, 2.45) is 5.92 Å². The van der Waals surface area contributed by atoms with Gasteiger partial charge in [-0.1, -0.05) is 18.5 Å². The number of carbonyl (C=O) groups excluding carboxylic acids is 1. The van der Waals surface area contributed by atoms with Crippen LogP contribution in [-0.2, 0) is 19.6 Å². The van der Waals surface area contributed by atoms with E-state index in [1.165, 1.54) is 22.5 Å². The van der Waals surface area contributed by atoms with E-state index in [1.807, 2.05) is 0 Å². The van der Waals surface area contributed by atoms with Crippen molar-refractivity contribution in [1.82, 2.24) is 9.21 Å². The van der Waals surface area contributed by atoms with Crippen molar-refractivity contribution in [3.05, 3.63) is 23.2 Å². The van der Waals surface area contributed by atoms with E-state index in [-0.39, 0.29) is 17.3 Å². The number of benzene rings is 1. The lowest BCUT2D eigenvalue weighted by molar-refractivity contribution is -0.117. The van der Waals surface area contributed by atoms with Crippen molar-refractivity contribution in [3.8, 4) is 0 Å². The fraction of sp³-hybridized carbons (Fsp3) is 0.611. The van der Waals surface area contributed by atoms with Crippen LogP contribution in [0.25, 0.3) is 0 Å². The number of hydrogen-bond acceptors (Lipinski definition) is 5. The first-order valence-electron chi connectivity index (χ1n) is 9.26. The quantitative estimate of drug-likeness (QED) is 0.796. The molecule has 1 aromatic carbocycles. The number of nitrogens with zero attached hydrogens (tertiary/aromatic N) is 2. The highest BCUT2D eigenvalue weighted by Crippen LogP contribution is 2.27. The van der Waals surface area contributed by atoms with Crippen LogP contribution in [0, 0.1) is 5.92 Å². The Morgan fingerprint density at radius 2 is 1.89 bits per heavy atom. The third-order valence-electron chi connectivity index (χ3n) is 5.06. The first-order valence-corrected chi connectivity index (χ1v) is 11.1. The molecule has 1 N–H and O–H groups in total. The fourth-order valence-corrected chi connectivity index (χ4v) is 4.91. The van der Waals surface area contributed by atoms with Gasteiger partial charge in [0.05, 0.1) is 35.4 Å². The summed E-state index contributed by atoms with van der Waals surface area (Å²) in [5.74, 6) is 0.508. The summed E-state index contributed by atoms with van der Waals surface area (Å²) in [4.78, 5) is 14.6. The van der Waals surface area contributed by atoms with Crippen molar-refractivity contribution in [2.45, 2.75) is 24.7 Å². The van der Waals surface area contributed by atoms with Crippen LogP contribution >= 0.6 is 11.6 Å². The van der Waals surface area contributed by atoms with Crippen molar-refractivity contribution in [3.63, 3.8) is 0 Å². The SMILES string of the molecule is CC1CCN(CC(=O)Nc2cc(S(=O)(=O)N3CCOCC3)ccc2Cl)CC1. The number of carbonyl (C=O) groups is 1. The maximum atomic E-state index is 12.8. The third kappa shape index (κ3) is 5.20. The number of halogens is 1. The van der Waals surface area contributed by atoms with Crippen LogP contribution in [0.2, 0.25) is 5.02 Å². The number of amides is 1. The van der Waals surface area contributed by atoms with Gasteiger partial charge in [-0.15, -0.1) is 0 Å². The van der Waals surface area contributed by atoms with Gasteiger partial charge in [-0.3, -0.25) is 9.69 Å². The predicted molar refractivity (Wildman–Crippen MR) is 104 cm³/mol. The third-order valence-corrected chi connectivity index (χ3v) is 7.29. The Labute approximate surface area is 165 Å². The molecular weight excluding hydrogens is 390 g/mol. The molecule has 0 aromatic heterocycles. The number of hydrogen-bond donors (Lipinski definition) is 1. The molecule has 2 aliphatic heterocycles. The Balaban J connectivity index is 1.68. The number of rotatable bonds is 5. The lowest BCUT2D eigenvalue weighted by atomic mass is 9.99. The largest absolute Gasteiger partial charge is 0.379 e. The summed E-state index contributed by atoms with van der Waals surface area (Å²) in [7, 11) is -3.64. The number of morpholine rings is 1. The maximum absolute atomic E-state index is 12.8. The summed E-state index contributed by atoms with van der Waals surface area (Å²) in [6.07, 6.45) is 2.17. The van der Waals surface area contributed by atoms with E-state index < -0.39 is 10.0 Å². The van der Waals surface area contributed by atoms with Gasteiger partial charge >= 0.3 is 0 Å². The van der Waals surface area contributed by atoms with E-state index in [1.54, 1.807) is 0 Å². The van der Waals surface area contributed by atoms with E-state index >= 15 is 0 Å². The zero-order valence-corrected chi connectivity index (χ0v) is 17.1. The molecule has 2 aliphatic rings. The molecule has 0 radical (unpaired) electrons. The Morgan fingerprint density at radius 1 is 1.22 bits per heavy atom. The molecule has 0 saturated carbocycles. The smallest absolute Gasteiger partial charge is 0.243 e. The lowest BCUT2D eigenvalue weighted by Gasteiger charge is -2.29. The molecule has 0 bridgehead atoms. The minimum atomic E-state index is -3.64. The summed E-state index contributed by atoms with van der Waals surface area (Å²) in [6.45, 7) is 5.69. The first kappa shape index (κ1) is 20.5. The molecule has 150 valence electrons. The standard InChI is InChI=1S/C18H26ClN3O4S/c1-14-4-6-21(7-5-14)13-18(23)20-17-12-15(2-3-16(17)19)27(24,25)22-8-10-26-11-9-22/h2-3,12,14H,4-11,13H2,1H3,(H,20,23). The van der Waals surface area contributed by atoms with Gasteiger partial charge in [0, 0.05) is 13.1 Å². The first-order chi connectivity index (χ1) is 12.9. The molecule has 9 heteroatoms. The van der Waals surface area contributed by atoms with Crippen LogP contribution in [0.5, 0.6) is 0 Å². The highest BCUT2D eigenvalue weighted by molar-refractivity contribution is 7.89. The van der Waals surface area contributed by atoms with Gasteiger partial charge in [-0.2, -0.15) is 4.31 Å². The zero-order valence-electron chi connectivity index (χ0n) is 15.5. The minimum Gasteiger partial charge on any atom is -0.379 e. The van der Waals surface area contributed by atoms with Crippen LogP contribution < -0.4 is 5.32 Å². The van der Waals surface area contributed by atoms with Gasteiger partial charge in [0.2, 0.25) is 15.9 Å². The molecule has 1 aromatic rings. The number of piperidine rings is 1. The number of likely N-dealkylation sites (tertiary alicyclic amines) is 1. The Hall–Kier alpha value is -1.19. The lowest BCUT2D eigenvalue weighted by Crippen LogP contribution is -2.40. The Bertz CT molecular complexity index is 773. The summed E-state index contributed by atoms with van der Waals surface area (Å²) in [6, 6.07) is 4.41. The van der Waals surface area contributed by atoms with E-state index in [4.69, 9.17) is 16.3 Å². The van der Waals surface area contributed by atoms with E-state index in [9.17, 15) is 13.2 Å². The van der Waals surface area contributed by atoms with Gasteiger partial charge in [0.1, 0.15) is 0 Å². The molecular formula is C18H26ClN3O4S. The summed E-state index contributed by atoms with van der Waals surface area (Å²) in [5, 5.41) is 3.08. The molecule has 0 atom stereocenters. The molecule has 2 fully saturated rings. The van der Waals surface area contributed by atoms with Gasteiger partial charge in [-0.05, 0) is 50.0 Å². The molecule has 7 nitrogen and oxygen atoms in total. The van der Waals surface area contributed by atoms with Gasteiger partial charge in [0.25, 0.3) is 0 Å². The summed E-state index contributed by atoms with van der Waals surface area (Å²) >= 11 is 6.18. The monoisotopic (exact) mass is 415 g/mol. The topological polar surface area (TPSA) is 79.0 Å². The van der Waals surface area contributed by atoms with Crippen LogP contribution in [-0.4, -0.2) is 69.5 Å². The molecule has 3 rings (SSSR count). The van der Waals surface area contributed by atoms with Gasteiger partial charge in [0.15, 0.2) is 0 Å². The predicted octanol–water partition coefficient (Wildman–Crippen LogP) is 2.03. The average Bonchev–Trinajstić information content (AvgIpc) is 2.66. The minimum absolute atomic E-state index is 0.121. The number of nitrogens with one attached hydrogen (secondary N) is 1. The van der Waals surface area contributed by atoms with Crippen LogP contribution in [0.4, 0.5) is 5.69 Å². The molecule has 0 aliphatic carbocycles. The zero-order chi connectivity index (χ0) is 19.4. The molecule has 0 unspecified atom stereocenters.